The van der Waals surface area contributed by atoms with E-state index < -0.39 is 11.9 Å². The molecule has 16 heavy (non-hydrogen) atoms. The first-order valence-electron chi connectivity index (χ1n) is 4.56. The van der Waals surface area contributed by atoms with E-state index in [0.717, 1.165) is 12.2 Å². The van der Waals surface area contributed by atoms with Gasteiger partial charge >= 0.3 is 5.97 Å². The number of imidazole rings is 1. The van der Waals surface area contributed by atoms with Gasteiger partial charge in [0, 0.05) is 12.2 Å². The Kier molecular flexibility index (Phi) is 2.51. The molecule has 2 rings (SSSR count). The molecule has 0 unspecified atom stereocenters. The molecule has 0 fully saturated rings. The zero-order valence-electron chi connectivity index (χ0n) is 8.20. The van der Waals surface area contributed by atoms with Crippen molar-refractivity contribution >= 4 is 22.9 Å². The molecule has 1 N–H and O–H groups in total. The second-order valence-corrected chi connectivity index (χ2v) is 3.11. The predicted molar refractivity (Wildman–Crippen MR) is 57.1 cm³/mol. The monoisotopic (exact) mass is 216 g/mol. The minimum Gasteiger partial charge on any atom is -0.478 e. The highest BCUT2D eigenvalue weighted by molar-refractivity contribution is 5.99. The zero-order chi connectivity index (χ0) is 11.5. The van der Waals surface area contributed by atoms with Gasteiger partial charge in [-0.2, -0.15) is 0 Å². The normalized spacial score (nSPS) is 11.0. The van der Waals surface area contributed by atoms with Crippen LogP contribution in [0.4, 0.5) is 0 Å². The lowest BCUT2D eigenvalue weighted by Crippen LogP contribution is -2.06. The molecule has 5 heteroatoms. The van der Waals surface area contributed by atoms with Crippen LogP contribution in [-0.4, -0.2) is 26.5 Å². The molecule has 0 atom stereocenters. The molecule has 1 aromatic carbocycles. The van der Waals surface area contributed by atoms with Gasteiger partial charge in [0.2, 0.25) is 0 Å². The standard InChI is InChI=1S/C11H8N2O3/c14-10(5-6-11(15)16)13-7-12-8-3-1-2-4-9(8)13/h1-7H,(H,15,16)/b6-5-. The number of allylic oxidation sites excluding steroid dienone is 1. The Hall–Kier alpha value is -2.43. The lowest BCUT2D eigenvalue weighted by molar-refractivity contribution is -0.131. The highest BCUT2D eigenvalue weighted by Gasteiger charge is 2.06. The number of fused-ring (bicyclic) bond motifs is 1. The molecule has 0 aliphatic heterocycles. The maximum absolute atomic E-state index is 11.6. The Morgan fingerprint density at radius 3 is 2.75 bits per heavy atom. The molecule has 2 aromatic rings. The van der Waals surface area contributed by atoms with E-state index in [9.17, 15) is 9.59 Å². The number of aliphatic carboxylic acids is 1. The van der Waals surface area contributed by atoms with E-state index in [2.05, 4.69) is 4.98 Å². The van der Waals surface area contributed by atoms with E-state index in [1.54, 1.807) is 18.2 Å². The maximum atomic E-state index is 11.6. The van der Waals surface area contributed by atoms with Gasteiger partial charge in [-0.25, -0.2) is 9.78 Å². The van der Waals surface area contributed by atoms with Gasteiger partial charge in [0.25, 0.3) is 5.91 Å². The Labute approximate surface area is 90.6 Å². The molecule has 0 radical (unpaired) electrons. The number of hydrogen-bond donors (Lipinski definition) is 1. The number of carbonyl (C=O) groups excluding carboxylic acids is 1. The number of aromatic nitrogens is 2. The summed E-state index contributed by atoms with van der Waals surface area (Å²) < 4.78 is 1.30. The lowest BCUT2D eigenvalue weighted by atomic mass is 10.3. The topological polar surface area (TPSA) is 72.2 Å². The van der Waals surface area contributed by atoms with Gasteiger partial charge < -0.3 is 5.11 Å². The van der Waals surface area contributed by atoms with Crippen molar-refractivity contribution in [3.63, 3.8) is 0 Å². The summed E-state index contributed by atoms with van der Waals surface area (Å²) in [5.74, 6) is -1.59. The van der Waals surface area contributed by atoms with Crippen molar-refractivity contribution < 1.29 is 14.7 Å². The van der Waals surface area contributed by atoms with Gasteiger partial charge in [0.05, 0.1) is 11.0 Å². The summed E-state index contributed by atoms with van der Waals surface area (Å²) in [4.78, 5) is 25.9. The summed E-state index contributed by atoms with van der Waals surface area (Å²) >= 11 is 0. The van der Waals surface area contributed by atoms with Crippen LogP contribution in [0.2, 0.25) is 0 Å². The van der Waals surface area contributed by atoms with Gasteiger partial charge in [0.1, 0.15) is 6.33 Å². The third-order valence-electron chi connectivity index (χ3n) is 2.06. The third-order valence-corrected chi connectivity index (χ3v) is 2.06. The van der Waals surface area contributed by atoms with Crippen molar-refractivity contribution in [3.8, 4) is 0 Å². The Morgan fingerprint density at radius 1 is 1.25 bits per heavy atom. The SMILES string of the molecule is O=C(O)/C=C\C(=O)n1cnc2ccccc21. The number of benzene rings is 1. The summed E-state index contributed by atoms with van der Waals surface area (Å²) in [5.41, 5.74) is 1.35. The molecule has 0 amide bonds. The summed E-state index contributed by atoms with van der Waals surface area (Å²) in [6, 6.07) is 7.13. The van der Waals surface area contributed by atoms with Crippen LogP contribution in [0.15, 0.2) is 42.7 Å². The summed E-state index contributed by atoms with van der Waals surface area (Å²) in [5, 5.41) is 8.41. The molecule has 1 aromatic heterocycles. The van der Waals surface area contributed by atoms with E-state index in [-0.39, 0.29) is 0 Å². The number of carboxylic acids is 1. The number of carboxylic acid groups (broad SMARTS) is 1. The Bertz CT molecular complexity index is 584. The maximum Gasteiger partial charge on any atom is 0.328 e. The average molecular weight is 216 g/mol. The zero-order valence-corrected chi connectivity index (χ0v) is 8.20. The first-order valence-corrected chi connectivity index (χ1v) is 4.56. The molecule has 0 saturated carbocycles. The van der Waals surface area contributed by atoms with Crippen molar-refractivity contribution in [1.29, 1.82) is 0 Å². The van der Waals surface area contributed by atoms with Crippen LogP contribution in [0.3, 0.4) is 0 Å². The van der Waals surface area contributed by atoms with Crippen molar-refractivity contribution in [3.05, 3.63) is 42.7 Å². The fourth-order valence-electron chi connectivity index (χ4n) is 1.36. The van der Waals surface area contributed by atoms with Crippen LogP contribution in [0.5, 0.6) is 0 Å². The molecule has 0 saturated heterocycles. The highest BCUT2D eigenvalue weighted by Crippen LogP contribution is 2.11. The smallest absolute Gasteiger partial charge is 0.328 e. The number of hydrogen-bond acceptors (Lipinski definition) is 3. The van der Waals surface area contributed by atoms with E-state index in [4.69, 9.17) is 5.11 Å². The van der Waals surface area contributed by atoms with Crippen LogP contribution in [0.25, 0.3) is 11.0 Å². The van der Waals surface area contributed by atoms with E-state index in [1.807, 2.05) is 6.07 Å². The van der Waals surface area contributed by atoms with Gasteiger partial charge in [0.15, 0.2) is 0 Å². The lowest BCUT2D eigenvalue weighted by Gasteiger charge is -1.96. The fraction of sp³-hybridized carbons (Fsp3) is 0. The molecule has 0 aliphatic carbocycles. The average Bonchev–Trinajstić information content (AvgIpc) is 2.69. The van der Waals surface area contributed by atoms with Crippen molar-refractivity contribution in [2.75, 3.05) is 0 Å². The summed E-state index contributed by atoms with van der Waals surface area (Å²) in [6.45, 7) is 0. The van der Waals surface area contributed by atoms with Gasteiger partial charge in [-0.3, -0.25) is 9.36 Å². The van der Waals surface area contributed by atoms with Gasteiger partial charge in [-0.1, -0.05) is 12.1 Å². The van der Waals surface area contributed by atoms with Crippen LogP contribution >= 0.6 is 0 Å². The van der Waals surface area contributed by atoms with Crippen molar-refractivity contribution in [2.24, 2.45) is 0 Å². The number of para-hydroxylation sites is 2. The molecular formula is C11H8N2O3. The number of carbonyl (C=O) groups is 2. The molecule has 0 spiro atoms. The molecular weight excluding hydrogens is 208 g/mol. The first-order chi connectivity index (χ1) is 7.68. The van der Waals surface area contributed by atoms with E-state index in [1.165, 1.54) is 10.9 Å². The quantitative estimate of drug-likeness (QED) is 0.768. The van der Waals surface area contributed by atoms with E-state index in [0.29, 0.717) is 11.0 Å². The van der Waals surface area contributed by atoms with E-state index >= 15 is 0 Å². The molecule has 80 valence electrons. The molecule has 0 bridgehead atoms. The predicted octanol–water partition coefficient (Wildman–Crippen LogP) is 1.32. The largest absolute Gasteiger partial charge is 0.478 e. The highest BCUT2D eigenvalue weighted by atomic mass is 16.4. The van der Waals surface area contributed by atoms with Crippen LogP contribution in [-0.2, 0) is 4.79 Å². The number of rotatable bonds is 2. The van der Waals surface area contributed by atoms with Crippen LogP contribution in [0, 0.1) is 0 Å². The third kappa shape index (κ3) is 1.83. The molecule has 1 heterocycles. The summed E-state index contributed by atoms with van der Waals surface area (Å²) in [6.07, 6.45) is 3.17. The second-order valence-electron chi connectivity index (χ2n) is 3.11. The van der Waals surface area contributed by atoms with Crippen molar-refractivity contribution in [2.45, 2.75) is 0 Å². The molecule has 0 aliphatic rings. The van der Waals surface area contributed by atoms with Crippen LogP contribution < -0.4 is 0 Å². The van der Waals surface area contributed by atoms with Crippen LogP contribution in [0.1, 0.15) is 4.79 Å². The van der Waals surface area contributed by atoms with Gasteiger partial charge in [-0.05, 0) is 12.1 Å². The minimum absolute atomic E-state index is 0.434. The Balaban J connectivity index is 2.40. The minimum atomic E-state index is -1.15. The van der Waals surface area contributed by atoms with Crippen molar-refractivity contribution in [1.82, 2.24) is 9.55 Å². The summed E-state index contributed by atoms with van der Waals surface area (Å²) in [7, 11) is 0. The fourth-order valence-corrected chi connectivity index (χ4v) is 1.36. The Morgan fingerprint density at radius 2 is 2.00 bits per heavy atom. The first kappa shape index (κ1) is 10.1. The second kappa shape index (κ2) is 3.98. The molecule has 5 nitrogen and oxygen atoms in total. The van der Waals surface area contributed by atoms with Gasteiger partial charge in [-0.15, -0.1) is 0 Å². The number of nitrogens with zero attached hydrogens (tertiary/aromatic N) is 2.